The van der Waals surface area contributed by atoms with Gasteiger partial charge in [0.25, 0.3) is 0 Å². The molecule has 0 radical (unpaired) electrons. The molecule has 4 rings (SSSR count). The van der Waals surface area contributed by atoms with Gasteiger partial charge < -0.3 is 4.90 Å². The molecule has 2 fully saturated rings. The van der Waals surface area contributed by atoms with Crippen molar-refractivity contribution in [3.05, 3.63) is 35.0 Å². The monoisotopic (exact) mass is 428 g/mol. The fraction of sp³-hybridized carbons (Fsp3) is 0.526. The largest absolute Gasteiger partial charge is 0.417 e. The standard InChI is InChI=1S/C19H20ClF3N4O2/c20-15-9-12(19(21,22)23)10-24-16(15)26-7-5-25(6-8-26)11-27-17(28)13-3-1-2-4-14(13)18(27)29/h1-2,9-10,13-14H,3-8,11H2/t13-,14-/m0/s1. The summed E-state index contributed by atoms with van der Waals surface area (Å²) in [5.41, 5.74) is -0.882. The number of nitrogens with zero attached hydrogens (tertiary/aromatic N) is 4. The first-order chi connectivity index (χ1) is 13.8. The van der Waals surface area contributed by atoms with Crippen LogP contribution in [-0.2, 0) is 15.8 Å². The molecule has 0 bridgehead atoms. The lowest BCUT2D eigenvalue weighted by molar-refractivity contribution is -0.142. The Morgan fingerprint density at radius 2 is 1.62 bits per heavy atom. The predicted molar refractivity (Wildman–Crippen MR) is 100 cm³/mol. The average molecular weight is 429 g/mol. The summed E-state index contributed by atoms with van der Waals surface area (Å²) in [6, 6.07) is 0.883. The highest BCUT2D eigenvalue weighted by atomic mass is 35.5. The van der Waals surface area contributed by atoms with E-state index in [1.807, 2.05) is 22.0 Å². The highest BCUT2D eigenvalue weighted by Gasteiger charge is 2.47. The second kappa shape index (κ2) is 7.60. The molecule has 1 aromatic rings. The average Bonchev–Trinajstić information content (AvgIpc) is 2.93. The molecule has 0 saturated carbocycles. The Morgan fingerprint density at radius 1 is 1.03 bits per heavy atom. The minimum absolute atomic E-state index is 0.0465. The Bertz CT molecular complexity index is 826. The summed E-state index contributed by atoms with van der Waals surface area (Å²) >= 11 is 6.03. The van der Waals surface area contributed by atoms with Gasteiger partial charge in [-0.25, -0.2) is 4.98 Å². The van der Waals surface area contributed by atoms with Gasteiger partial charge in [0, 0.05) is 32.4 Å². The van der Waals surface area contributed by atoms with Gasteiger partial charge in [-0.2, -0.15) is 13.2 Å². The van der Waals surface area contributed by atoms with Gasteiger partial charge in [-0.3, -0.25) is 19.4 Å². The van der Waals surface area contributed by atoms with Crippen LogP contribution in [0.5, 0.6) is 0 Å². The first kappa shape index (κ1) is 20.2. The third kappa shape index (κ3) is 3.85. The maximum absolute atomic E-state index is 12.8. The van der Waals surface area contributed by atoms with Crippen molar-refractivity contribution >= 4 is 29.2 Å². The topological polar surface area (TPSA) is 56.8 Å². The predicted octanol–water partition coefficient (Wildman–Crippen LogP) is 2.78. The molecule has 0 unspecified atom stereocenters. The van der Waals surface area contributed by atoms with Gasteiger partial charge in [0.05, 0.1) is 29.1 Å². The van der Waals surface area contributed by atoms with Crippen LogP contribution in [0.4, 0.5) is 19.0 Å². The molecule has 0 aromatic carbocycles. The van der Waals surface area contributed by atoms with Crippen LogP contribution in [0.25, 0.3) is 0 Å². The quantitative estimate of drug-likeness (QED) is 0.547. The van der Waals surface area contributed by atoms with Crippen molar-refractivity contribution in [1.82, 2.24) is 14.8 Å². The second-order valence-electron chi connectivity index (χ2n) is 7.53. The molecule has 156 valence electrons. The number of hydrogen-bond acceptors (Lipinski definition) is 5. The number of anilines is 1. The zero-order valence-electron chi connectivity index (χ0n) is 15.5. The third-order valence-electron chi connectivity index (χ3n) is 5.76. The zero-order valence-corrected chi connectivity index (χ0v) is 16.3. The summed E-state index contributed by atoms with van der Waals surface area (Å²) in [5.74, 6) is -0.406. The Morgan fingerprint density at radius 3 is 2.14 bits per heavy atom. The van der Waals surface area contributed by atoms with E-state index in [1.54, 1.807) is 0 Å². The molecule has 0 N–H and O–H groups in total. The minimum atomic E-state index is -4.49. The minimum Gasteiger partial charge on any atom is -0.353 e. The Balaban J connectivity index is 1.37. The zero-order chi connectivity index (χ0) is 20.8. The van der Waals surface area contributed by atoms with Gasteiger partial charge in [-0.15, -0.1) is 0 Å². The molecule has 1 aliphatic carbocycles. The summed E-state index contributed by atoms with van der Waals surface area (Å²) in [6.45, 7) is 2.31. The van der Waals surface area contributed by atoms with Crippen molar-refractivity contribution in [1.29, 1.82) is 0 Å². The van der Waals surface area contributed by atoms with E-state index < -0.39 is 11.7 Å². The number of carbonyl (C=O) groups is 2. The number of pyridine rings is 1. The van der Waals surface area contributed by atoms with E-state index >= 15 is 0 Å². The lowest BCUT2D eigenvalue weighted by Gasteiger charge is -2.37. The van der Waals surface area contributed by atoms with Gasteiger partial charge in [-0.05, 0) is 18.9 Å². The molecule has 2 saturated heterocycles. The summed E-state index contributed by atoms with van der Waals surface area (Å²) in [7, 11) is 0. The Hall–Kier alpha value is -2.13. The van der Waals surface area contributed by atoms with Crippen LogP contribution in [0.1, 0.15) is 18.4 Å². The number of allylic oxidation sites excluding steroid dienone is 2. The van der Waals surface area contributed by atoms with Crippen LogP contribution in [0, 0.1) is 11.8 Å². The Labute approximate surface area is 170 Å². The van der Waals surface area contributed by atoms with Crippen LogP contribution in [-0.4, -0.2) is 59.4 Å². The number of imide groups is 1. The fourth-order valence-electron chi connectivity index (χ4n) is 4.13. The van der Waals surface area contributed by atoms with Crippen LogP contribution < -0.4 is 4.90 Å². The van der Waals surface area contributed by atoms with Gasteiger partial charge in [-0.1, -0.05) is 23.8 Å². The molecule has 3 heterocycles. The van der Waals surface area contributed by atoms with E-state index in [0.29, 0.717) is 44.8 Å². The van der Waals surface area contributed by atoms with Crippen molar-refractivity contribution in [3.63, 3.8) is 0 Å². The number of hydrogen-bond donors (Lipinski definition) is 0. The van der Waals surface area contributed by atoms with Crippen molar-refractivity contribution in [2.75, 3.05) is 37.7 Å². The lowest BCUT2D eigenvalue weighted by Crippen LogP contribution is -2.51. The number of halogens is 4. The number of rotatable bonds is 3. The van der Waals surface area contributed by atoms with Crippen molar-refractivity contribution < 1.29 is 22.8 Å². The SMILES string of the molecule is O=C1[C@H]2CC=CC[C@@H]2C(=O)N1CN1CCN(c2ncc(C(F)(F)F)cc2Cl)CC1. The smallest absolute Gasteiger partial charge is 0.353 e. The van der Waals surface area contributed by atoms with Crippen molar-refractivity contribution in [3.8, 4) is 0 Å². The molecule has 1 aromatic heterocycles. The molecular weight excluding hydrogens is 409 g/mol. The van der Waals surface area contributed by atoms with Crippen LogP contribution >= 0.6 is 11.6 Å². The van der Waals surface area contributed by atoms with Crippen LogP contribution in [0.15, 0.2) is 24.4 Å². The van der Waals surface area contributed by atoms with Gasteiger partial charge in [0.2, 0.25) is 11.8 Å². The number of carbonyl (C=O) groups excluding carboxylic acids is 2. The molecule has 2 amide bonds. The van der Waals surface area contributed by atoms with Gasteiger partial charge >= 0.3 is 6.18 Å². The summed E-state index contributed by atoms with van der Waals surface area (Å²) < 4.78 is 38.3. The molecular formula is C19H20ClF3N4O2. The second-order valence-corrected chi connectivity index (χ2v) is 7.94. The van der Waals surface area contributed by atoms with Crippen molar-refractivity contribution in [2.45, 2.75) is 19.0 Å². The van der Waals surface area contributed by atoms with E-state index in [0.717, 1.165) is 12.3 Å². The van der Waals surface area contributed by atoms with Crippen LogP contribution in [0.2, 0.25) is 5.02 Å². The van der Waals surface area contributed by atoms with Gasteiger partial charge in [0.15, 0.2) is 0 Å². The third-order valence-corrected chi connectivity index (χ3v) is 6.04. The van der Waals surface area contributed by atoms with E-state index in [1.165, 1.54) is 4.90 Å². The van der Waals surface area contributed by atoms with Crippen molar-refractivity contribution in [2.24, 2.45) is 11.8 Å². The molecule has 0 spiro atoms. The highest BCUT2D eigenvalue weighted by molar-refractivity contribution is 6.33. The number of piperazine rings is 1. The molecule has 2 aliphatic heterocycles. The molecule has 6 nitrogen and oxygen atoms in total. The normalized spacial score (nSPS) is 25.7. The first-order valence-corrected chi connectivity index (χ1v) is 9.84. The number of likely N-dealkylation sites (tertiary alicyclic amines) is 1. The van der Waals surface area contributed by atoms with E-state index in [2.05, 4.69) is 4.98 Å². The Kier molecular flexibility index (Phi) is 5.29. The number of alkyl halides is 3. The first-order valence-electron chi connectivity index (χ1n) is 9.46. The summed E-state index contributed by atoms with van der Waals surface area (Å²) in [5, 5.41) is -0.0465. The van der Waals surface area contributed by atoms with E-state index in [9.17, 15) is 22.8 Å². The molecule has 2 atom stereocenters. The summed E-state index contributed by atoms with van der Waals surface area (Å²) in [4.78, 5) is 34.2. The number of aromatic nitrogens is 1. The maximum Gasteiger partial charge on any atom is 0.417 e. The molecule has 3 aliphatic rings. The number of amides is 2. The molecule has 10 heteroatoms. The van der Waals surface area contributed by atoms with E-state index in [4.69, 9.17) is 11.6 Å². The highest BCUT2D eigenvalue weighted by Crippen LogP contribution is 2.36. The van der Waals surface area contributed by atoms with Crippen LogP contribution in [0.3, 0.4) is 0 Å². The lowest BCUT2D eigenvalue weighted by atomic mass is 9.85. The van der Waals surface area contributed by atoms with E-state index in [-0.39, 0.29) is 35.3 Å². The fourth-order valence-corrected chi connectivity index (χ4v) is 4.41. The van der Waals surface area contributed by atoms with Gasteiger partial charge in [0.1, 0.15) is 5.82 Å². The summed E-state index contributed by atoms with van der Waals surface area (Å²) in [6.07, 6.45) is 1.42. The number of fused-ring (bicyclic) bond motifs is 1. The molecule has 29 heavy (non-hydrogen) atoms. The maximum atomic E-state index is 12.8.